The van der Waals surface area contributed by atoms with Gasteiger partial charge in [0, 0.05) is 19.3 Å². The van der Waals surface area contributed by atoms with Crippen molar-refractivity contribution in [3.05, 3.63) is 47.2 Å². The molecule has 0 aliphatic heterocycles. The van der Waals surface area contributed by atoms with Gasteiger partial charge in [-0.2, -0.15) is 4.98 Å². The van der Waals surface area contributed by atoms with Crippen LogP contribution in [0, 0.1) is 23.2 Å². The van der Waals surface area contributed by atoms with Crippen LogP contribution in [-0.2, 0) is 21.4 Å². The number of aliphatic hydroxyl groups excluding tert-OH is 2. The summed E-state index contributed by atoms with van der Waals surface area (Å²) >= 11 is 0. The highest BCUT2D eigenvalue weighted by atomic mass is 16.5. The van der Waals surface area contributed by atoms with Crippen LogP contribution in [0.4, 0.5) is 0 Å². The lowest BCUT2D eigenvalue weighted by atomic mass is 9.60. The van der Waals surface area contributed by atoms with Gasteiger partial charge in [-0.25, -0.2) is 0 Å². The molecule has 1 aromatic heterocycles. The number of fused-ring (bicyclic) bond motifs is 1. The van der Waals surface area contributed by atoms with E-state index in [9.17, 15) is 15.0 Å². The van der Waals surface area contributed by atoms with E-state index in [-0.39, 0.29) is 22.9 Å². The highest BCUT2D eigenvalue weighted by Crippen LogP contribution is 2.60. The van der Waals surface area contributed by atoms with Gasteiger partial charge in [-0.15, -0.1) is 0 Å². The van der Waals surface area contributed by atoms with Gasteiger partial charge in [0.15, 0.2) is 5.82 Å². The van der Waals surface area contributed by atoms with Gasteiger partial charge in [0.1, 0.15) is 6.10 Å². The summed E-state index contributed by atoms with van der Waals surface area (Å²) in [5.41, 5.74) is 3.17. The molecule has 1 aromatic rings. The molecule has 0 spiro atoms. The Labute approximate surface area is 258 Å². The molecule has 0 bridgehead atoms. The second-order valence-corrected chi connectivity index (χ2v) is 14.4. The number of aromatic nitrogens is 2. The van der Waals surface area contributed by atoms with Gasteiger partial charge >= 0.3 is 5.97 Å². The van der Waals surface area contributed by atoms with Crippen molar-refractivity contribution in [2.24, 2.45) is 23.2 Å². The van der Waals surface area contributed by atoms with Gasteiger partial charge in [0.05, 0.1) is 17.6 Å². The fourth-order valence-corrected chi connectivity index (χ4v) is 8.75. The summed E-state index contributed by atoms with van der Waals surface area (Å²) < 4.78 is 12.0. The van der Waals surface area contributed by atoms with E-state index in [0.29, 0.717) is 42.9 Å². The van der Waals surface area contributed by atoms with E-state index in [1.807, 2.05) is 6.92 Å². The molecule has 4 aliphatic rings. The number of carbonyl (C=O) groups is 1. The lowest BCUT2D eigenvalue weighted by Gasteiger charge is -2.44. The minimum absolute atomic E-state index is 0.121. The first-order chi connectivity index (χ1) is 20.6. The average Bonchev–Trinajstić information content (AvgIpc) is 3.49. The van der Waals surface area contributed by atoms with Gasteiger partial charge < -0.3 is 19.5 Å². The molecular formula is C36H54N2O5. The molecule has 0 unspecified atom stereocenters. The summed E-state index contributed by atoms with van der Waals surface area (Å²) in [6.45, 7) is 13.1. The third kappa shape index (κ3) is 6.73. The zero-order valence-electron chi connectivity index (χ0n) is 26.9. The van der Waals surface area contributed by atoms with Crippen LogP contribution in [0.2, 0.25) is 0 Å². The van der Waals surface area contributed by atoms with Gasteiger partial charge in [0.2, 0.25) is 5.89 Å². The summed E-state index contributed by atoms with van der Waals surface area (Å²) in [4.78, 5) is 17.5. The van der Waals surface area contributed by atoms with Crippen LogP contribution in [-0.4, -0.2) is 44.6 Å². The number of allylic oxidation sites excluding steroid dienone is 3. The smallest absolute Gasteiger partial charge is 0.306 e. The van der Waals surface area contributed by atoms with Crippen molar-refractivity contribution in [3.8, 4) is 0 Å². The van der Waals surface area contributed by atoms with E-state index in [4.69, 9.17) is 14.2 Å². The fraction of sp³-hybridized carbons (Fsp3) is 0.750. The lowest BCUT2D eigenvalue weighted by molar-refractivity contribution is -0.152. The first kappa shape index (κ1) is 32.2. The van der Waals surface area contributed by atoms with Crippen LogP contribution in [0.25, 0.3) is 0 Å². The zero-order chi connectivity index (χ0) is 30.8. The standard InChI is InChI=1S/C36H54N2O5/c1-6-9-32-37-34(43-38-32)36(19-20-36)31(42-33(41)10-7-2)17-12-23(3)28-15-16-29-25(11-8-18-35(28,29)5)13-14-26-21-27(39)22-30(40)24(26)4/h13-14,23,27-31,39-40H,4,6-12,15-22H2,1-3,5H3/t23-,27-,28-,29+,30+,31-,35-/m1/s1. The maximum absolute atomic E-state index is 12.7. The van der Waals surface area contributed by atoms with Crippen LogP contribution in [0.15, 0.2) is 40.0 Å². The molecule has 7 heteroatoms. The van der Waals surface area contributed by atoms with Crippen molar-refractivity contribution in [1.82, 2.24) is 10.1 Å². The number of ether oxygens (including phenoxy) is 1. The number of aliphatic hydroxyl groups is 2. The number of hydrogen-bond donors (Lipinski definition) is 2. The van der Waals surface area contributed by atoms with Gasteiger partial charge in [-0.05, 0) is 111 Å². The Morgan fingerprint density at radius 2 is 1.95 bits per heavy atom. The van der Waals surface area contributed by atoms with E-state index in [1.54, 1.807) is 0 Å². The van der Waals surface area contributed by atoms with E-state index < -0.39 is 12.2 Å². The molecule has 0 saturated heterocycles. The maximum Gasteiger partial charge on any atom is 0.306 e. The first-order valence-corrected chi connectivity index (χ1v) is 17.1. The average molecular weight is 595 g/mol. The number of nitrogens with zero attached hydrogens (tertiary/aromatic N) is 2. The van der Waals surface area contributed by atoms with E-state index in [1.165, 1.54) is 31.3 Å². The topological polar surface area (TPSA) is 106 Å². The molecule has 0 aromatic carbocycles. The monoisotopic (exact) mass is 594 g/mol. The second kappa shape index (κ2) is 13.4. The van der Waals surface area contributed by atoms with Gasteiger partial charge in [0.25, 0.3) is 0 Å². The van der Waals surface area contributed by atoms with Crippen molar-refractivity contribution in [2.75, 3.05) is 0 Å². The highest BCUT2D eigenvalue weighted by Gasteiger charge is 2.57. The third-order valence-electron chi connectivity index (χ3n) is 11.4. The molecule has 4 aliphatic carbocycles. The SMILES string of the molecule is C=C1C(=CC=C2CCC[C@]3(C)[C@@H]([C@H](C)CC[C@@H](OC(=O)CCC)C4(c5nc(CCC)no5)CC4)CC[C@@H]23)C[C@@H](O)C[C@@H]1O. The minimum Gasteiger partial charge on any atom is -0.461 e. The quantitative estimate of drug-likeness (QED) is 0.244. The second-order valence-electron chi connectivity index (χ2n) is 14.4. The Kier molecular flexibility index (Phi) is 10.0. The largest absolute Gasteiger partial charge is 0.461 e. The van der Waals surface area contributed by atoms with Crippen molar-refractivity contribution in [1.29, 1.82) is 0 Å². The summed E-state index contributed by atoms with van der Waals surface area (Å²) in [5, 5.41) is 24.7. The molecule has 2 N–H and O–H groups in total. The van der Waals surface area contributed by atoms with Crippen molar-refractivity contribution in [3.63, 3.8) is 0 Å². The Morgan fingerprint density at radius 1 is 1.16 bits per heavy atom. The zero-order valence-corrected chi connectivity index (χ0v) is 26.9. The molecule has 43 heavy (non-hydrogen) atoms. The summed E-state index contributed by atoms with van der Waals surface area (Å²) in [6, 6.07) is 0. The molecular weight excluding hydrogens is 540 g/mol. The predicted molar refractivity (Wildman–Crippen MR) is 167 cm³/mol. The third-order valence-corrected chi connectivity index (χ3v) is 11.4. The van der Waals surface area contributed by atoms with Crippen molar-refractivity contribution < 1.29 is 24.3 Å². The molecule has 0 amide bonds. The fourth-order valence-electron chi connectivity index (χ4n) is 8.75. The Bertz CT molecular complexity index is 1210. The predicted octanol–water partition coefficient (Wildman–Crippen LogP) is 7.32. The maximum atomic E-state index is 12.7. The highest BCUT2D eigenvalue weighted by molar-refractivity contribution is 5.69. The molecule has 4 fully saturated rings. The Balaban J connectivity index is 1.28. The van der Waals surface area contributed by atoms with Crippen molar-refractivity contribution in [2.45, 2.75) is 148 Å². The summed E-state index contributed by atoms with van der Waals surface area (Å²) in [6.07, 6.45) is 16.6. The lowest BCUT2D eigenvalue weighted by Crippen LogP contribution is -2.37. The van der Waals surface area contributed by atoms with Gasteiger partial charge in [-0.3, -0.25) is 4.79 Å². The molecule has 238 valence electrons. The minimum atomic E-state index is -0.653. The van der Waals surface area contributed by atoms with Crippen LogP contribution in [0.5, 0.6) is 0 Å². The summed E-state index contributed by atoms with van der Waals surface area (Å²) in [5.74, 6) is 2.96. The van der Waals surface area contributed by atoms with Crippen LogP contribution in [0.3, 0.4) is 0 Å². The van der Waals surface area contributed by atoms with Crippen LogP contribution in [0.1, 0.15) is 129 Å². The van der Waals surface area contributed by atoms with Crippen molar-refractivity contribution >= 4 is 5.97 Å². The number of esters is 1. The van der Waals surface area contributed by atoms with Crippen LogP contribution >= 0.6 is 0 Å². The van der Waals surface area contributed by atoms with E-state index in [0.717, 1.165) is 68.3 Å². The van der Waals surface area contributed by atoms with Gasteiger partial charge in [-0.1, -0.05) is 57.2 Å². The first-order valence-electron chi connectivity index (χ1n) is 17.1. The summed E-state index contributed by atoms with van der Waals surface area (Å²) in [7, 11) is 0. The number of rotatable bonds is 12. The number of carbonyl (C=O) groups excluding carboxylic acids is 1. The van der Waals surface area contributed by atoms with E-state index >= 15 is 0 Å². The molecule has 4 saturated carbocycles. The molecule has 7 nitrogen and oxygen atoms in total. The molecule has 1 heterocycles. The Hall–Kier alpha value is -2.25. The molecule has 0 radical (unpaired) electrons. The number of hydrogen-bond acceptors (Lipinski definition) is 7. The normalized spacial score (nSPS) is 33.4. The Morgan fingerprint density at radius 3 is 2.67 bits per heavy atom. The molecule has 7 atom stereocenters. The molecule has 5 rings (SSSR count). The number of aryl methyl sites for hydroxylation is 1. The van der Waals surface area contributed by atoms with E-state index in [2.05, 4.69) is 44.7 Å². The van der Waals surface area contributed by atoms with Crippen LogP contribution < -0.4 is 0 Å².